The zero-order valence-corrected chi connectivity index (χ0v) is 17.4. The van der Waals surface area contributed by atoms with E-state index in [-0.39, 0.29) is 11.4 Å². The minimum absolute atomic E-state index is 0.0170. The predicted octanol–water partition coefficient (Wildman–Crippen LogP) is 4.15. The summed E-state index contributed by atoms with van der Waals surface area (Å²) in [4.78, 5) is 13.6. The lowest BCUT2D eigenvalue weighted by molar-refractivity contribution is 0.0827. The number of hydrogen-bond acceptors (Lipinski definition) is 3. The number of thiocarbonyl (C=S) groups is 1. The molecule has 1 fully saturated rings. The lowest BCUT2D eigenvalue weighted by Crippen LogP contribution is -2.45. The fraction of sp³-hybridized carbons (Fsp3) is 0.364. The van der Waals surface area contributed by atoms with Crippen molar-refractivity contribution in [1.82, 2.24) is 10.2 Å². The number of carbonyl (C=O) groups excluding carboxylic acids is 1. The molecule has 0 radical (unpaired) electrons. The third kappa shape index (κ3) is 4.44. The third-order valence-corrected chi connectivity index (χ3v) is 5.45. The van der Waals surface area contributed by atoms with Gasteiger partial charge in [-0.25, -0.2) is 0 Å². The number of methoxy groups -OCH3 is 1. The van der Waals surface area contributed by atoms with Crippen LogP contribution in [0.1, 0.15) is 41.6 Å². The Kier molecular flexibility index (Phi) is 6.19. The van der Waals surface area contributed by atoms with E-state index in [1.54, 1.807) is 26.1 Å². The van der Waals surface area contributed by atoms with Crippen molar-refractivity contribution in [3.63, 3.8) is 0 Å². The van der Waals surface area contributed by atoms with Crippen LogP contribution in [0.4, 0.5) is 5.69 Å². The summed E-state index contributed by atoms with van der Waals surface area (Å²) < 4.78 is 5.28. The smallest absolute Gasteiger partial charge is 0.253 e. The van der Waals surface area contributed by atoms with Crippen LogP contribution in [0.3, 0.4) is 0 Å². The molecule has 0 unspecified atom stereocenters. The second-order valence-electron chi connectivity index (χ2n) is 7.37. The highest BCUT2D eigenvalue weighted by atomic mass is 32.1. The first-order valence-electron chi connectivity index (χ1n) is 9.49. The summed E-state index contributed by atoms with van der Waals surface area (Å²) >= 11 is 5.60. The maximum atomic E-state index is 12.0. The number of amides is 1. The minimum atomic E-state index is -0.156. The van der Waals surface area contributed by atoms with E-state index in [0.717, 1.165) is 24.3 Å². The maximum Gasteiger partial charge on any atom is 0.253 e. The molecule has 0 aromatic heterocycles. The van der Waals surface area contributed by atoms with Gasteiger partial charge in [-0.05, 0) is 67.0 Å². The van der Waals surface area contributed by atoms with Crippen LogP contribution >= 0.6 is 12.2 Å². The Morgan fingerprint density at radius 2 is 1.64 bits per heavy atom. The molecule has 1 aliphatic rings. The largest absolute Gasteiger partial charge is 0.497 e. The topological polar surface area (TPSA) is 53.6 Å². The molecule has 0 spiro atoms. The Balaban J connectivity index is 1.70. The summed E-state index contributed by atoms with van der Waals surface area (Å²) in [5, 5.41) is 7.39. The lowest BCUT2D eigenvalue weighted by atomic mass is 9.88. The first kappa shape index (κ1) is 20.1. The molecule has 0 heterocycles. The molecule has 28 heavy (non-hydrogen) atoms. The van der Waals surface area contributed by atoms with E-state index in [0.29, 0.717) is 10.7 Å². The van der Waals surface area contributed by atoms with Crippen LogP contribution in [0.2, 0.25) is 0 Å². The van der Waals surface area contributed by atoms with Gasteiger partial charge < -0.3 is 20.3 Å². The molecule has 1 amide bonds. The van der Waals surface area contributed by atoms with Gasteiger partial charge in [0.2, 0.25) is 0 Å². The van der Waals surface area contributed by atoms with E-state index in [4.69, 9.17) is 17.0 Å². The van der Waals surface area contributed by atoms with Crippen molar-refractivity contribution in [2.45, 2.75) is 31.2 Å². The van der Waals surface area contributed by atoms with Gasteiger partial charge >= 0.3 is 0 Å². The Hall–Kier alpha value is -2.60. The molecular weight excluding hydrogens is 370 g/mol. The molecule has 6 heteroatoms. The average molecular weight is 398 g/mol. The molecule has 3 rings (SSSR count). The van der Waals surface area contributed by atoms with Crippen LogP contribution in [-0.4, -0.2) is 37.1 Å². The Morgan fingerprint density at radius 3 is 2.18 bits per heavy atom. The molecule has 2 aromatic carbocycles. The summed E-state index contributed by atoms with van der Waals surface area (Å²) in [5.41, 5.74) is 2.58. The van der Waals surface area contributed by atoms with Gasteiger partial charge in [0, 0.05) is 25.3 Å². The summed E-state index contributed by atoms with van der Waals surface area (Å²) in [6.45, 7) is 0. The summed E-state index contributed by atoms with van der Waals surface area (Å²) in [7, 11) is 5.16. The van der Waals surface area contributed by atoms with Gasteiger partial charge in [-0.1, -0.05) is 25.0 Å². The first-order chi connectivity index (χ1) is 13.4. The van der Waals surface area contributed by atoms with Crippen LogP contribution in [0.25, 0.3) is 0 Å². The highest BCUT2D eigenvalue weighted by molar-refractivity contribution is 7.80. The Morgan fingerprint density at radius 1 is 1.04 bits per heavy atom. The number of rotatable bonds is 5. The molecule has 0 aliphatic heterocycles. The molecule has 0 atom stereocenters. The van der Waals surface area contributed by atoms with Crippen molar-refractivity contribution in [2.75, 3.05) is 26.5 Å². The van der Waals surface area contributed by atoms with Gasteiger partial charge in [0.05, 0.1) is 12.6 Å². The average Bonchev–Trinajstić information content (AvgIpc) is 3.17. The van der Waals surface area contributed by atoms with Crippen molar-refractivity contribution in [2.24, 2.45) is 0 Å². The van der Waals surface area contributed by atoms with Crippen molar-refractivity contribution in [3.05, 3.63) is 59.7 Å². The quantitative estimate of drug-likeness (QED) is 0.742. The van der Waals surface area contributed by atoms with Crippen molar-refractivity contribution < 1.29 is 9.53 Å². The van der Waals surface area contributed by atoms with Crippen LogP contribution < -0.4 is 15.4 Å². The molecule has 5 nitrogen and oxygen atoms in total. The molecule has 148 valence electrons. The summed E-state index contributed by atoms with van der Waals surface area (Å²) in [6.07, 6.45) is 4.42. The fourth-order valence-electron chi connectivity index (χ4n) is 3.71. The van der Waals surface area contributed by atoms with E-state index < -0.39 is 0 Å². The number of nitrogens with one attached hydrogen (secondary N) is 2. The van der Waals surface area contributed by atoms with E-state index in [1.807, 2.05) is 36.4 Å². The predicted molar refractivity (Wildman–Crippen MR) is 117 cm³/mol. The monoisotopic (exact) mass is 397 g/mol. The molecule has 2 aromatic rings. The second kappa shape index (κ2) is 8.61. The number of benzene rings is 2. The highest BCUT2D eigenvalue weighted by Gasteiger charge is 2.36. The first-order valence-corrected chi connectivity index (χ1v) is 9.90. The lowest BCUT2D eigenvalue weighted by Gasteiger charge is -2.32. The van der Waals surface area contributed by atoms with Crippen LogP contribution in [0.15, 0.2) is 48.5 Å². The van der Waals surface area contributed by atoms with Crippen LogP contribution in [-0.2, 0) is 5.54 Å². The molecule has 2 N–H and O–H groups in total. The standard InChI is InChI=1S/C22H27N3O2S/c1-25(2)20(26)16-6-10-18(11-7-16)23-21(28)24-22(14-4-5-15-22)17-8-12-19(27-3)13-9-17/h6-13H,4-5,14-15H2,1-3H3,(H2,23,24,28). The van der Waals surface area contributed by atoms with E-state index in [1.165, 1.54) is 18.4 Å². The maximum absolute atomic E-state index is 12.0. The normalized spacial score (nSPS) is 15.0. The molecular formula is C22H27N3O2S. The van der Waals surface area contributed by atoms with Gasteiger partial charge in [-0.15, -0.1) is 0 Å². The van der Waals surface area contributed by atoms with Gasteiger partial charge in [0.1, 0.15) is 5.75 Å². The molecule has 0 bridgehead atoms. The SMILES string of the molecule is COc1ccc(C2(NC(=S)Nc3ccc(C(=O)N(C)C)cc3)CCCC2)cc1. The van der Waals surface area contributed by atoms with Crippen molar-refractivity contribution in [1.29, 1.82) is 0 Å². The fourth-order valence-corrected chi connectivity index (χ4v) is 4.02. The van der Waals surface area contributed by atoms with Crippen LogP contribution in [0.5, 0.6) is 5.75 Å². The van der Waals surface area contributed by atoms with Crippen LogP contribution in [0, 0.1) is 0 Å². The Labute approximate surface area is 172 Å². The third-order valence-electron chi connectivity index (χ3n) is 5.25. The van der Waals surface area contributed by atoms with Crippen molar-refractivity contribution in [3.8, 4) is 5.75 Å². The number of carbonyl (C=O) groups is 1. The number of anilines is 1. The van der Waals surface area contributed by atoms with Gasteiger partial charge in [0.25, 0.3) is 5.91 Å². The van der Waals surface area contributed by atoms with Gasteiger partial charge in [-0.2, -0.15) is 0 Å². The van der Waals surface area contributed by atoms with Gasteiger partial charge in [0.15, 0.2) is 5.11 Å². The molecule has 0 saturated heterocycles. The molecule has 1 saturated carbocycles. The number of hydrogen-bond donors (Lipinski definition) is 2. The molecule has 1 aliphatic carbocycles. The number of ether oxygens (including phenoxy) is 1. The van der Waals surface area contributed by atoms with Gasteiger partial charge in [-0.3, -0.25) is 4.79 Å². The van der Waals surface area contributed by atoms with Crippen molar-refractivity contribution >= 4 is 28.9 Å². The van der Waals surface area contributed by atoms with E-state index >= 15 is 0 Å². The van der Waals surface area contributed by atoms with E-state index in [2.05, 4.69) is 22.8 Å². The van der Waals surface area contributed by atoms with E-state index in [9.17, 15) is 4.79 Å². The summed E-state index contributed by atoms with van der Waals surface area (Å²) in [6, 6.07) is 15.6. The highest BCUT2D eigenvalue weighted by Crippen LogP contribution is 2.39. The zero-order chi connectivity index (χ0) is 20.1. The second-order valence-corrected chi connectivity index (χ2v) is 7.78. The summed E-state index contributed by atoms with van der Waals surface area (Å²) in [5.74, 6) is 0.835. The Bertz CT molecular complexity index is 826. The zero-order valence-electron chi connectivity index (χ0n) is 16.6. The number of nitrogens with zero attached hydrogens (tertiary/aromatic N) is 1. The minimum Gasteiger partial charge on any atom is -0.497 e.